The summed E-state index contributed by atoms with van der Waals surface area (Å²) in [4.78, 5) is 14.3. The van der Waals surface area contributed by atoms with E-state index in [1.165, 1.54) is 29.2 Å². The number of carbonyl (C=O) groups excluding carboxylic acids is 1. The molecule has 25 heavy (non-hydrogen) atoms. The van der Waals surface area contributed by atoms with Gasteiger partial charge in [-0.1, -0.05) is 23.7 Å². The number of carbonyl (C=O) groups is 1. The number of nitrogens with zero attached hydrogens (tertiary/aromatic N) is 1. The number of benzene rings is 2. The van der Waals surface area contributed by atoms with Crippen LogP contribution in [0.5, 0.6) is 0 Å². The van der Waals surface area contributed by atoms with Crippen molar-refractivity contribution in [2.45, 2.75) is 13.0 Å². The molecular formula is C18H15ClFNO3S. The lowest BCUT2D eigenvalue weighted by atomic mass is 10.1. The van der Waals surface area contributed by atoms with Gasteiger partial charge in [-0.2, -0.15) is 0 Å². The summed E-state index contributed by atoms with van der Waals surface area (Å²) in [7, 11) is -3.37. The summed E-state index contributed by atoms with van der Waals surface area (Å²) >= 11 is 6.16. The summed E-state index contributed by atoms with van der Waals surface area (Å²) in [6, 6.07) is 9.65. The van der Waals surface area contributed by atoms with Crippen molar-refractivity contribution < 1.29 is 17.6 Å². The van der Waals surface area contributed by atoms with Crippen molar-refractivity contribution in [3.63, 3.8) is 0 Å². The van der Waals surface area contributed by atoms with E-state index < -0.39 is 27.6 Å². The molecular weight excluding hydrogens is 365 g/mol. The van der Waals surface area contributed by atoms with E-state index in [1.54, 1.807) is 18.2 Å². The van der Waals surface area contributed by atoms with Gasteiger partial charge in [-0.25, -0.2) is 12.8 Å². The quantitative estimate of drug-likeness (QED) is 0.816. The van der Waals surface area contributed by atoms with Crippen molar-refractivity contribution in [2.24, 2.45) is 0 Å². The van der Waals surface area contributed by atoms with Crippen molar-refractivity contribution in [3.05, 3.63) is 75.9 Å². The fourth-order valence-corrected chi connectivity index (χ4v) is 4.11. The second kappa shape index (κ2) is 6.61. The molecule has 2 aromatic rings. The summed E-state index contributed by atoms with van der Waals surface area (Å²) in [6.07, 6.45) is 1.46. The molecule has 1 heterocycles. The van der Waals surface area contributed by atoms with Gasteiger partial charge in [0.05, 0.1) is 11.8 Å². The maximum atomic E-state index is 13.5. The zero-order valence-corrected chi connectivity index (χ0v) is 14.9. The van der Waals surface area contributed by atoms with Crippen LogP contribution in [0.4, 0.5) is 10.1 Å². The van der Waals surface area contributed by atoms with Crippen LogP contribution in [0.15, 0.2) is 53.9 Å². The second-order valence-electron chi connectivity index (χ2n) is 5.84. The van der Waals surface area contributed by atoms with Crippen LogP contribution in [0, 0.1) is 12.7 Å². The predicted molar refractivity (Wildman–Crippen MR) is 96.1 cm³/mol. The van der Waals surface area contributed by atoms with Gasteiger partial charge in [0.2, 0.25) is 0 Å². The lowest BCUT2D eigenvalue weighted by Crippen LogP contribution is -2.41. The van der Waals surface area contributed by atoms with Gasteiger partial charge in [0.1, 0.15) is 5.82 Å². The standard InChI is InChI=1S/C18H15ClFNO3S/c1-12-5-6-15(10-17(12)19)21(16-7-8-25(23,24)11-16)18(22)13-3-2-4-14(20)9-13/h2-10,16H,11H2,1H3/t16-/m1/s1. The highest BCUT2D eigenvalue weighted by Gasteiger charge is 2.32. The van der Waals surface area contributed by atoms with Crippen LogP contribution in [0.3, 0.4) is 0 Å². The molecule has 0 saturated carbocycles. The number of amides is 1. The Labute approximate surface area is 150 Å². The van der Waals surface area contributed by atoms with E-state index in [1.807, 2.05) is 6.92 Å². The van der Waals surface area contributed by atoms with Gasteiger partial charge in [0.15, 0.2) is 9.84 Å². The normalized spacial score (nSPS) is 18.3. The van der Waals surface area contributed by atoms with Crippen LogP contribution in [0.25, 0.3) is 0 Å². The van der Waals surface area contributed by atoms with Crippen LogP contribution >= 0.6 is 11.6 Å². The van der Waals surface area contributed by atoms with Gasteiger partial charge in [0, 0.05) is 21.7 Å². The highest BCUT2D eigenvalue weighted by molar-refractivity contribution is 7.94. The molecule has 0 saturated heterocycles. The van der Waals surface area contributed by atoms with Crippen molar-refractivity contribution in [1.82, 2.24) is 0 Å². The fraction of sp³-hybridized carbons (Fsp3) is 0.167. The maximum Gasteiger partial charge on any atom is 0.258 e. The average molecular weight is 380 g/mol. The molecule has 1 aliphatic heterocycles. The molecule has 0 spiro atoms. The van der Waals surface area contributed by atoms with E-state index in [2.05, 4.69) is 0 Å². The van der Waals surface area contributed by atoms with Crippen molar-refractivity contribution in [2.75, 3.05) is 10.7 Å². The Kier molecular flexibility index (Phi) is 4.67. The van der Waals surface area contributed by atoms with E-state index in [4.69, 9.17) is 11.6 Å². The minimum atomic E-state index is -3.37. The number of anilines is 1. The van der Waals surface area contributed by atoms with Crippen LogP contribution in [0.1, 0.15) is 15.9 Å². The molecule has 1 atom stereocenters. The number of hydrogen-bond donors (Lipinski definition) is 0. The molecule has 0 bridgehead atoms. The monoisotopic (exact) mass is 379 g/mol. The fourth-order valence-electron chi connectivity index (χ4n) is 2.67. The summed E-state index contributed by atoms with van der Waals surface area (Å²) in [5.41, 5.74) is 1.42. The van der Waals surface area contributed by atoms with Crippen molar-refractivity contribution in [1.29, 1.82) is 0 Å². The van der Waals surface area contributed by atoms with Crippen LogP contribution in [0.2, 0.25) is 5.02 Å². The first kappa shape index (κ1) is 17.6. The lowest BCUT2D eigenvalue weighted by Gasteiger charge is -2.28. The molecule has 2 aromatic carbocycles. The van der Waals surface area contributed by atoms with Crippen molar-refractivity contribution in [3.8, 4) is 0 Å². The summed E-state index contributed by atoms with van der Waals surface area (Å²) in [6.45, 7) is 1.82. The highest BCUT2D eigenvalue weighted by Crippen LogP contribution is 2.29. The lowest BCUT2D eigenvalue weighted by molar-refractivity contribution is 0.0982. The predicted octanol–water partition coefficient (Wildman–Crippen LogP) is 3.75. The molecule has 3 rings (SSSR count). The van der Waals surface area contributed by atoms with Gasteiger partial charge in [-0.3, -0.25) is 4.79 Å². The molecule has 130 valence electrons. The van der Waals surface area contributed by atoms with Gasteiger partial charge >= 0.3 is 0 Å². The number of halogens is 2. The molecule has 0 unspecified atom stereocenters. The summed E-state index contributed by atoms with van der Waals surface area (Å²) in [5.74, 6) is -1.26. The van der Waals surface area contributed by atoms with Gasteiger partial charge < -0.3 is 4.90 Å². The Balaban J connectivity index is 2.07. The van der Waals surface area contributed by atoms with Gasteiger partial charge in [0.25, 0.3) is 5.91 Å². The summed E-state index contributed by atoms with van der Waals surface area (Å²) < 4.78 is 37.1. The third kappa shape index (κ3) is 3.75. The molecule has 1 aliphatic rings. The first-order valence-electron chi connectivity index (χ1n) is 7.53. The number of aryl methyl sites for hydroxylation is 1. The molecule has 0 fully saturated rings. The molecule has 0 N–H and O–H groups in total. The molecule has 0 aliphatic carbocycles. The van der Waals surface area contributed by atoms with E-state index in [0.717, 1.165) is 17.0 Å². The zero-order chi connectivity index (χ0) is 18.2. The van der Waals surface area contributed by atoms with E-state index in [9.17, 15) is 17.6 Å². The largest absolute Gasteiger partial charge is 0.300 e. The van der Waals surface area contributed by atoms with Crippen LogP contribution in [-0.2, 0) is 9.84 Å². The first-order valence-corrected chi connectivity index (χ1v) is 9.62. The number of sulfone groups is 1. The third-order valence-electron chi connectivity index (χ3n) is 3.97. The van der Waals surface area contributed by atoms with Crippen LogP contribution < -0.4 is 4.90 Å². The summed E-state index contributed by atoms with van der Waals surface area (Å²) in [5, 5.41) is 1.55. The second-order valence-corrected chi connectivity index (χ2v) is 8.18. The van der Waals surface area contributed by atoms with Gasteiger partial charge in [-0.15, -0.1) is 0 Å². The third-order valence-corrected chi connectivity index (χ3v) is 5.75. The molecule has 0 aromatic heterocycles. The van der Waals surface area contributed by atoms with E-state index >= 15 is 0 Å². The van der Waals surface area contributed by atoms with E-state index in [0.29, 0.717) is 10.7 Å². The topological polar surface area (TPSA) is 54.5 Å². The minimum Gasteiger partial charge on any atom is -0.300 e. The minimum absolute atomic E-state index is 0.134. The Morgan fingerprint density at radius 2 is 2.00 bits per heavy atom. The van der Waals surface area contributed by atoms with Crippen LogP contribution in [-0.4, -0.2) is 26.1 Å². The Hall–Kier alpha value is -2.18. The molecule has 1 amide bonds. The molecule has 4 nitrogen and oxygen atoms in total. The van der Waals surface area contributed by atoms with Crippen molar-refractivity contribution >= 4 is 33.0 Å². The SMILES string of the molecule is Cc1ccc(N(C(=O)c2cccc(F)c2)[C@@H]2C=CS(=O)(=O)C2)cc1Cl. The van der Waals surface area contributed by atoms with Gasteiger partial charge in [-0.05, 0) is 48.9 Å². The first-order chi connectivity index (χ1) is 11.8. The van der Waals surface area contributed by atoms with E-state index in [-0.39, 0.29) is 11.3 Å². The Morgan fingerprint density at radius 1 is 1.24 bits per heavy atom. The highest BCUT2D eigenvalue weighted by atomic mass is 35.5. The smallest absolute Gasteiger partial charge is 0.258 e. The zero-order valence-electron chi connectivity index (χ0n) is 13.3. The molecule has 0 radical (unpaired) electrons. The molecule has 7 heteroatoms. The average Bonchev–Trinajstić information content (AvgIpc) is 2.90. The Morgan fingerprint density at radius 3 is 2.60 bits per heavy atom. The number of hydrogen-bond acceptors (Lipinski definition) is 3. The number of rotatable bonds is 3. The maximum absolute atomic E-state index is 13.5. The Bertz CT molecular complexity index is 972.